The van der Waals surface area contributed by atoms with Crippen LogP contribution >= 0.6 is 0 Å². The van der Waals surface area contributed by atoms with E-state index in [0.717, 1.165) is 25.0 Å². The Morgan fingerprint density at radius 1 is 1.15 bits per heavy atom. The number of aromatic nitrogens is 1. The lowest BCUT2D eigenvalue weighted by atomic mass is 10.2. The minimum Gasteiger partial charge on any atom is -0.376 e. The Labute approximate surface area is 148 Å². The van der Waals surface area contributed by atoms with Gasteiger partial charge in [0.25, 0.3) is 11.8 Å². The van der Waals surface area contributed by atoms with Crippen LogP contribution in [-0.4, -0.2) is 36.1 Å². The third kappa shape index (κ3) is 4.40. The first-order valence-electron chi connectivity index (χ1n) is 8.15. The highest BCUT2D eigenvalue weighted by Crippen LogP contribution is 2.14. The van der Waals surface area contributed by atoms with Crippen molar-refractivity contribution in [1.29, 1.82) is 0 Å². The van der Waals surface area contributed by atoms with Crippen LogP contribution in [0.2, 0.25) is 0 Å². The highest BCUT2D eigenvalue weighted by molar-refractivity contribution is 6.04. The van der Waals surface area contributed by atoms with Crippen molar-refractivity contribution >= 4 is 17.5 Å². The van der Waals surface area contributed by atoms with Crippen LogP contribution in [0.4, 0.5) is 14.5 Å². The van der Waals surface area contributed by atoms with Crippen molar-refractivity contribution in [3.63, 3.8) is 0 Å². The van der Waals surface area contributed by atoms with E-state index in [1.54, 1.807) is 0 Å². The summed E-state index contributed by atoms with van der Waals surface area (Å²) in [6.07, 6.45) is 3.22. The van der Waals surface area contributed by atoms with Gasteiger partial charge in [-0.1, -0.05) is 0 Å². The summed E-state index contributed by atoms with van der Waals surface area (Å²) in [4.78, 5) is 28.3. The van der Waals surface area contributed by atoms with Crippen LogP contribution < -0.4 is 10.6 Å². The molecule has 1 fully saturated rings. The Kier molecular flexibility index (Phi) is 5.52. The third-order valence-corrected chi connectivity index (χ3v) is 3.95. The molecule has 8 heteroatoms. The number of nitrogens with zero attached hydrogens (tertiary/aromatic N) is 1. The maximum atomic E-state index is 13.2. The predicted molar refractivity (Wildman–Crippen MR) is 89.9 cm³/mol. The normalized spacial score (nSPS) is 16.3. The molecule has 0 saturated carbocycles. The smallest absolute Gasteiger partial charge is 0.274 e. The average molecular weight is 361 g/mol. The van der Waals surface area contributed by atoms with Crippen LogP contribution in [-0.2, 0) is 4.74 Å². The van der Waals surface area contributed by atoms with Gasteiger partial charge in [0, 0.05) is 36.7 Å². The quantitative estimate of drug-likeness (QED) is 0.858. The molecule has 6 nitrogen and oxygen atoms in total. The molecule has 0 spiro atoms. The molecule has 2 heterocycles. The molecule has 1 aliphatic heterocycles. The standard InChI is InChI=1S/C18H17F2N3O3/c19-14-4-3-12(9-15(14)20)23-18(25)16-8-11(5-6-21-16)17(24)22-10-13-2-1-7-26-13/h3-6,8-9,13H,1-2,7,10H2,(H,22,24)(H,23,25). The number of rotatable bonds is 5. The maximum Gasteiger partial charge on any atom is 0.274 e. The zero-order valence-electron chi connectivity index (χ0n) is 13.8. The number of halogens is 2. The number of ether oxygens (including phenoxy) is 1. The van der Waals surface area contributed by atoms with Gasteiger partial charge in [0.2, 0.25) is 0 Å². The number of pyridine rings is 1. The molecule has 1 atom stereocenters. The molecule has 0 aliphatic carbocycles. The molecule has 136 valence electrons. The van der Waals surface area contributed by atoms with E-state index in [-0.39, 0.29) is 29.0 Å². The summed E-state index contributed by atoms with van der Waals surface area (Å²) >= 11 is 0. The van der Waals surface area contributed by atoms with Crippen molar-refractivity contribution in [1.82, 2.24) is 10.3 Å². The first-order valence-corrected chi connectivity index (χ1v) is 8.15. The molecule has 3 rings (SSSR count). The molecule has 26 heavy (non-hydrogen) atoms. The Morgan fingerprint density at radius 2 is 2.00 bits per heavy atom. The van der Waals surface area contributed by atoms with E-state index in [9.17, 15) is 18.4 Å². The Bertz CT molecular complexity index is 823. The molecule has 1 aliphatic rings. The van der Waals surface area contributed by atoms with Crippen LogP contribution in [0.25, 0.3) is 0 Å². The molecule has 2 aromatic rings. The number of carbonyl (C=O) groups excluding carboxylic acids is 2. The third-order valence-electron chi connectivity index (χ3n) is 3.95. The van der Waals surface area contributed by atoms with Gasteiger partial charge < -0.3 is 15.4 Å². The van der Waals surface area contributed by atoms with Crippen molar-refractivity contribution < 1.29 is 23.1 Å². The van der Waals surface area contributed by atoms with Gasteiger partial charge in [0.05, 0.1) is 6.10 Å². The van der Waals surface area contributed by atoms with Crippen LogP contribution in [0.5, 0.6) is 0 Å². The van der Waals surface area contributed by atoms with E-state index in [1.165, 1.54) is 24.4 Å². The molecule has 2 N–H and O–H groups in total. The van der Waals surface area contributed by atoms with Gasteiger partial charge in [-0.15, -0.1) is 0 Å². The summed E-state index contributed by atoms with van der Waals surface area (Å²) in [5.74, 6) is -3.06. The zero-order valence-corrected chi connectivity index (χ0v) is 13.8. The van der Waals surface area contributed by atoms with Gasteiger partial charge in [-0.2, -0.15) is 0 Å². The molecule has 1 saturated heterocycles. The summed E-state index contributed by atoms with van der Waals surface area (Å²) in [7, 11) is 0. The van der Waals surface area contributed by atoms with Gasteiger partial charge in [0.15, 0.2) is 11.6 Å². The number of carbonyl (C=O) groups is 2. The van der Waals surface area contributed by atoms with E-state index < -0.39 is 17.5 Å². The average Bonchev–Trinajstić information content (AvgIpc) is 3.16. The van der Waals surface area contributed by atoms with Crippen molar-refractivity contribution in [2.75, 3.05) is 18.5 Å². The molecule has 1 unspecified atom stereocenters. The van der Waals surface area contributed by atoms with Gasteiger partial charge in [0.1, 0.15) is 5.69 Å². The molecule has 0 radical (unpaired) electrons. The Balaban J connectivity index is 1.64. The van der Waals surface area contributed by atoms with Crippen molar-refractivity contribution in [2.24, 2.45) is 0 Å². The molecule has 1 aromatic carbocycles. The van der Waals surface area contributed by atoms with Crippen molar-refractivity contribution in [3.8, 4) is 0 Å². The lowest BCUT2D eigenvalue weighted by molar-refractivity contribution is 0.0857. The lowest BCUT2D eigenvalue weighted by Gasteiger charge is -2.11. The van der Waals surface area contributed by atoms with E-state index in [2.05, 4.69) is 15.6 Å². The number of hydrogen-bond donors (Lipinski definition) is 2. The van der Waals surface area contributed by atoms with Crippen LogP contribution in [0.1, 0.15) is 33.7 Å². The lowest BCUT2D eigenvalue weighted by Crippen LogP contribution is -2.32. The van der Waals surface area contributed by atoms with E-state index in [0.29, 0.717) is 13.2 Å². The topological polar surface area (TPSA) is 80.3 Å². The number of nitrogens with one attached hydrogen (secondary N) is 2. The summed E-state index contributed by atoms with van der Waals surface area (Å²) in [5.41, 5.74) is 0.344. The van der Waals surface area contributed by atoms with Gasteiger partial charge in [-0.05, 0) is 37.1 Å². The van der Waals surface area contributed by atoms with Crippen LogP contribution in [0, 0.1) is 11.6 Å². The summed E-state index contributed by atoms with van der Waals surface area (Å²) in [5, 5.41) is 5.17. The van der Waals surface area contributed by atoms with E-state index >= 15 is 0 Å². The second kappa shape index (κ2) is 8.01. The number of anilines is 1. The van der Waals surface area contributed by atoms with Gasteiger partial charge in [-0.25, -0.2) is 8.78 Å². The fraction of sp³-hybridized carbons (Fsp3) is 0.278. The fourth-order valence-corrected chi connectivity index (χ4v) is 2.58. The minimum absolute atomic E-state index is 0.0110. The Morgan fingerprint density at radius 3 is 2.73 bits per heavy atom. The molecular formula is C18H17F2N3O3. The van der Waals surface area contributed by atoms with Gasteiger partial charge >= 0.3 is 0 Å². The first-order chi connectivity index (χ1) is 12.5. The van der Waals surface area contributed by atoms with Crippen molar-refractivity contribution in [2.45, 2.75) is 18.9 Å². The second-order valence-corrected chi connectivity index (χ2v) is 5.86. The summed E-state index contributed by atoms with van der Waals surface area (Å²) < 4.78 is 31.6. The highest BCUT2D eigenvalue weighted by atomic mass is 19.2. The van der Waals surface area contributed by atoms with E-state index in [1.807, 2.05) is 0 Å². The van der Waals surface area contributed by atoms with Crippen molar-refractivity contribution in [3.05, 3.63) is 59.4 Å². The highest BCUT2D eigenvalue weighted by Gasteiger charge is 2.17. The number of hydrogen-bond acceptors (Lipinski definition) is 4. The monoisotopic (exact) mass is 361 g/mol. The largest absolute Gasteiger partial charge is 0.376 e. The van der Waals surface area contributed by atoms with Crippen LogP contribution in [0.15, 0.2) is 36.5 Å². The van der Waals surface area contributed by atoms with Crippen LogP contribution in [0.3, 0.4) is 0 Å². The van der Waals surface area contributed by atoms with Gasteiger partial charge in [-0.3, -0.25) is 14.6 Å². The SMILES string of the molecule is O=C(NCC1CCCO1)c1ccnc(C(=O)Nc2ccc(F)c(F)c2)c1. The predicted octanol–water partition coefficient (Wildman–Crippen LogP) is 2.52. The number of amides is 2. The molecule has 0 bridgehead atoms. The maximum absolute atomic E-state index is 13.2. The first kappa shape index (κ1) is 17.9. The Hall–Kier alpha value is -2.87. The molecule has 1 aromatic heterocycles. The zero-order chi connectivity index (χ0) is 18.5. The van der Waals surface area contributed by atoms with E-state index in [4.69, 9.17) is 4.74 Å². The fourth-order valence-electron chi connectivity index (χ4n) is 2.58. The second-order valence-electron chi connectivity index (χ2n) is 5.86. The summed E-state index contributed by atoms with van der Waals surface area (Å²) in [6, 6.07) is 5.83. The minimum atomic E-state index is -1.07. The summed E-state index contributed by atoms with van der Waals surface area (Å²) in [6.45, 7) is 1.10. The molecular weight excluding hydrogens is 344 g/mol. The number of benzene rings is 1. The molecule has 2 amide bonds.